The van der Waals surface area contributed by atoms with Crippen molar-refractivity contribution in [2.45, 2.75) is 27.3 Å². The first-order valence-corrected chi connectivity index (χ1v) is 11.3. The van der Waals surface area contributed by atoms with Gasteiger partial charge >= 0.3 is 6.03 Å². The predicted molar refractivity (Wildman–Crippen MR) is 99.2 cm³/mol. The van der Waals surface area contributed by atoms with E-state index in [1.54, 1.807) is 16.8 Å². The monoisotopic (exact) mass is 501 g/mol. The molecule has 1 aromatic heterocycles. The van der Waals surface area contributed by atoms with Crippen molar-refractivity contribution in [3.63, 3.8) is 0 Å². The molecule has 12 heteroatoms. The van der Waals surface area contributed by atoms with Crippen LogP contribution in [0.1, 0.15) is 6.92 Å². The number of ether oxygens (including phenoxy) is 1. The second-order valence-corrected chi connectivity index (χ2v) is 10.3. The molecule has 0 saturated carbocycles. The Kier molecular flexibility index (Phi) is 5.92. The van der Waals surface area contributed by atoms with Gasteiger partial charge in [0.1, 0.15) is 6.17 Å². The molecule has 0 radical (unpaired) electrons. The molecular weight excluding hydrogens is 486 g/mol. The van der Waals surface area contributed by atoms with E-state index in [0.717, 1.165) is 0 Å². The van der Waals surface area contributed by atoms with Crippen LogP contribution in [-0.2, 0) is 15.5 Å². The maximum Gasteiger partial charge on any atom is 0.327 e. The number of hydrogen-bond donors (Lipinski definition) is 0. The number of carbonyl (C=O) groups excluding carboxylic acids is 1. The lowest BCUT2D eigenvalue weighted by molar-refractivity contribution is -0.00222. The smallest absolute Gasteiger partial charge is 0.327 e. The number of hydrogen-bond acceptors (Lipinski definition) is 7. The van der Waals surface area contributed by atoms with Crippen LogP contribution in [0.15, 0.2) is 4.34 Å². The summed E-state index contributed by atoms with van der Waals surface area (Å²) in [7, 11) is 0.580. The van der Waals surface area contributed by atoms with Gasteiger partial charge in [-0.25, -0.2) is 9.69 Å². The molecule has 0 N–H and O–H groups in total. The third-order valence-electron chi connectivity index (χ3n) is 3.83. The molecule has 24 heavy (non-hydrogen) atoms. The first-order chi connectivity index (χ1) is 11.4. The second-order valence-electron chi connectivity index (χ2n) is 5.35. The average Bonchev–Trinajstić information content (AvgIpc) is 3.12. The fourth-order valence-electron chi connectivity index (χ4n) is 2.65. The minimum atomic E-state index is -1.18. The first-order valence-electron chi connectivity index (χ1n) is 7.33. The molecule has 4 unspecified atom stereocenters. The lowest BCUT2D eigenvalue weighted by Crippen LogP contribution is -2.57. The van der Waals surface area contributed by atoms with E-state index in [9.17, 15) is 9.00 Å². The largest absolute Gasteiger partial charge is 0.376 e. The lowest BCUT2D eigenvalue weighted by atomic mass is 10.3. The summed E-state index contributed by atoms with van der Waals surface area (Å²) in [6.45, 7) is 3.43. The van der Waals surface area contributed by atoms with Crippen LogP contribution < -0.4 is 4.90 Å². The fraction of sp³-hybridized carbons (Fsp3) is 0.750. The molecule has 0 aliphatic carbocycles. The maximum atomic E-state index is 12.6. The number of nitrogens with zero attached hydrogens (tertiary/aromatic N) is 5. The minimum absolute atomic E-state index is 0.0282. The summed E-state index contributed by atoms with van der Waals surface area (Å²) in [4.78, 5) is 18.0. The van der Waals surface area contributed by atoms with Crippen molar-refractivity contribution in [3.8, 4) is 0 Å². The third-order valence-corrected chi connectivity index (χ3v) is 7.82. The van der Waals surface area contributed by atoms with Gasteiger partial charge in [0.2, 0.25) is 9.47 Å². The van der Waals surface area contributed by atoms with Gasteiger partial charge in [0, 0.05) is 12.8 Å². The van der Waals surface area contributed by atoms with Gasteiger partial charge in [-0.05, 0) is 0 Å². The number of carbonyl (C=O) groups is 1. The molecule has 3 heterocycles. The van der Waals surface area contributed by atoms with Crippen molar-refractivity contribution in [1.29, 1.82) is 0 Å². The van der Waals surface area contributed by atoms with E-state index >= 15 is 0 Å². The van der Waals surface area contributed by atoms with Gasteiger partial charge in [-0.1, -0.05) is 50.1 Å². The second kappa shape index (κ2) is 7.62. The molecule has 4 atom stereocenters. The van der Waals surface area contributed by atoms with Gasteiger partial charge in [0.25, 0.3) is 0 Å². The molecule has 2 aliphatic rings. The van der Waals surface area contributed by atoms with E-state index in [1.807, 2.05) is 6.92 Å². The molecule has 1 aromatic rings. The first kappa shape index (κ1) is 18.6. The quantitative estimate of drug-likeness (QED) is 0.354. The molecule has 134 valence electrons. The van der Waals surface area contributed by atoms with Gasteiger partial charge in [0.05, 0.1) is 40.5 Å². The van der Waals surface area contributed by atoms with Gasteiger partial charge in [0.15, 0.2) is 0 Å². The number of anilines is 1. The van der Waals surface area contributed by atoms with Crippen molar-refractivity contribution in [3.05, 3.63) is 0 Å². The van der Waals surface area contributed by atoms with Crippen molar-refractivity contribution < 1.29 is 13.7 Å². The third kappa shape index (κ3) is 3.40. The SMILES string of the molecule is CCS(=O)c1nnc(N2C(=O)N(C)CC2N2C(Br)COCC2Br)s1. The van der Waals surface area contributed by atoms with Crippen LogP contribution in [0.25, 0.3) is 0 Å². The van der Waals surface area contributed by atoms with E-state index in [0.29, 0.717) is 35.0 Å². The molecule has 0 bridgehead atoms. The number of amides is 2. The van der Waals surface area contributed by atoms with Crippen LogP contribution in [0.2, 0.25) is 0 Å². The summed E-state index contributed by atoms with van der Waals surface area (Å²) >= 11 is 8.44. The Labute approximate surface area is 163 Å². The highest BCUT2D eigenvalue weighted by Gasteiger charge is 2.46. The fourth-order valence-corrected chi connectivity index (χ4v) is 6.41. The van der Waals surface area contributed by atoms with Crippen LogP contribution in [-0.4, -0.2) is 78.9 Å². The number of likely N-dealkylation sites (N-methyl/N-ethyl adjacent to an activating group) is 1. The van der Waals surface area contributed by atoms with Gasteiger partial charge in [-0.15, -0.1) is 10.2 Å². The molecule has 0 spiro atoms. The Morgan fingerprint density at radius 2 is 2.00 bits per heavy atom. The highest BCUT2D eigenvalue weighted by atomic mass is 79.9. The number of urea groups is 1. The van der Waals surface area contributed by atoms with E-state index in [-0.39, 0.29) is 22.1 Å². The van der Waals surface area contributed by atoms with Crippen molar-refractivity contribution in [2.75, 3.05) is 37.5 Å². The highest BCUT2D eigenvalue weighted by molar-refractivity contribution is 9.10. The Morgan fingerprint density at radius 3 is 2.62 bits per heavy atom. The topological polar surface area (TPSA) is 78.9 Å². The maximum absolute atomic E-state index is 12.6. The number of aromatic nitrogens is 2. The molecule has 2 saturated heterocycles. The Morgan fingerprint density at radius 1 is 1.33 bits per heavy atom. The summed E-state index contributed by atoms with van der Waals surface area (Å²) in [6.07, 6.45) is -0.212. The molecule has 3 rings (SSSR count). The van der Waals surface area contributed by atoms with Crippen LogP contribution in [0.3, 0.4) is 0 Å². The standard InChI is InChI=1S/C12H17Br2N5O3S2/c1-3-24(21)11-16-15-10(23-11)19-9(4-17(2)12(19)20)18-7(13)5-22-6-8(18)14/h7-9H,3-6H2,1-2H3. The molecule has 2 fully saturated rings. The van der Waals surface area contributed by atoms with Gasteiger partial charge < -0.3 is 9.64 Å². The number of alkyl halides is 2. The summed E-state index contributed by atoms with van der Waals surface area (Å²) < 4.78 is 17.9. The van der Waals surface area contributed by atoms with E-state index in [1.165, 1.54) is 11.3 Å². The number of morpholine rings is 1. The Hall–Kier alpha value is -0.140. The Balaban J connectivity index is 1.92. The van der Waals surface area contributed by atoms with Crippen molar-refractivity contribution in [2.24, 2.45) is 0 Å². The average molecular weight is 503 g/mol. The summed E-state index contributed by atoms with van der Waals surface area (Å²) in [6, 6.07) is -0.143. The van der Waals surface area contributed by atoms with Gasteiger partial charge in [-0.3, -0.25) is 9.11 Å². The van der Waals surface area contributed by atoms with Crippen LogP contribution in [0.5, 0.6) is 0 Å². The minimum Gasteiger partial charge on any atom is -0.376 e. The van der Waals surface area contributed by atoms with Crippen molar-refractivity contribution >= 4 is 65.2 Å². The Bertz CT molecular complexity index is 638. The summed E-state index contributed by atoms with van der Waals surface area (Å²) in [5.41, 5.74) is 0. The lowest BCUT2D eigenvalue weighted by Gasteiger charge is -2.41. The van der Waals surface area contributed by atoms with Crippen molar-refractivity contribution in [1.82, 2.24) is 20.0 Å². The zero-order valence-corrected chi connectivity index (χ0v) is 17.9. The number of halogens is 2. The highest BCUT2D eigenvalue weighted by Crippen LogP contribution is 2.34. The molecular formula is C12H17Br2N5O3S2. The number of rotatable bonds is 4. The zero-order valence-electron chi connectivity index (χ0n) is 13.1. The van der Waals surface area contributed by atoms with Gasteiger partial charge in [-0.2, -0.15) is 0 Å². The van der Waals surface area contributed by atoms with Crippen LogP contribution >= 0.6 is 43.2 Å². The van der Waals surface area contributed by atoms with Crippen LogP contribution in [0, 0.1) is 0 Å². The van der Waals surface area contributed by atoms with Crippen LogP contribution in [0.4, 0.5) is 9.93 Å². The van der Waals surface area contributed by atoms with E-state index in [4.69, 9.17) is 4.74 Å². The normalized spacial score (nSPS) is 30.2. The van der Waals surface area contributed by atoms with E-state index < -0.39 is 10.8 Å². The molecule has 2 aliphatic heterocycles. The molecule has 0 aromatic carbocycles. The summed E-state index contributed by atoms with van der Waals surface area (Å²) in [5.74, 6) is 0.475. The zero-order chi connectivity index (χ0) is 17.4. The van der Waals surface area contributed by atoms with E-state index in [2.05, 4.69) is 47.0 Å². The predicted octanol–water partition coefficient (Wildman–Crippen LogP) is 1.64. The molecule has 8 nitrogen and oxygen atoms in total. The molecule has 2 amide bonds. The summed E-state index contributed by atoms with van der Waals surface area (Å²) in [5, 5.41) is 8.58.